The molecule has 2 aliphatic rings. The van der Waals surface area contributed by atoms with Crippen molar-refractivity contribution in [2.75, 3.05) is 31.8 Å². The molecule has 1 amide bonds. The number of carbonyl (C=O) groups is 1. The lowest BCUT2D eigenvalue weighted by molar-refractivity contribution is -0.00323. The molecule has 2 aromatic carbocycles. The molecule has 5 rings (SSSR count). The minimum Gasteiger partial charge on any atom is -0.487 e. The number of halogens is 2. The van der Waals surface area contributed by atoms with Gasteiger partial charge >= 0.3 is 0 Å². The molecule has 0 spiro atoms. The Kier molecular flexibility index (Phi) is 12.8. The number of carbonyl (C=O) groups excluding carboxylic acids is 1. The van der Waals surface area contributed by atoms with E-state index < -0.39 is 11.6 Å². The maximum atomic E-state index is 13.9. The zero-order chi connectivity index (χ0) is 31.4. The molecule has 1 aromatic heterocycles. The Morgan fingerprint density at radius 1 is 1.00 bits per heavy atom. The number of aryl methyl sites for hydroxylation is 1. The number of hydrogen-bond acceptors (Lipinski definition) is 5. The number of pyridine rings is 1. The number of aromatic nitrogens is 1. The summed E-state index contributed by atoms with van der Waals surface area (Å²) in [4.78, 5) is 26.2. The predicted octanol–water partition coefficient (Wildman–Crippen LogP) is 5.70. The van der Waals surface area contributed by atoms with Gasteiger partial charge < -0.3 is 19.8 Å². The highest BCUT2D eigenvalue weighted by atomic mass is 19.2. The second-order valence-corrected chi connectivity index (χ2v) is 10.2. The molecular weight excluding hydrogens is 552 g/mol. The van der Waals surface area contributed by atoms with Gasteiger partial charge in [0, 0.05) is 18.8 Å². The van der Waals surface area contributed by atoms with Crippen molar-refractivity contribution >= 4 is 5.91 Å². The van der Waals surface area contributed by atoms with Crippen LogP contribution in [0.3, 0.4) is 0 Å². The molecule has 230 valence electrons. The van der Waals surface area contributed by atoms with E-state index in [1.165, 1.54) is 23.3 Å². The molecule has 0 unspecified atom stereocenters. The van der Waals surface area contributed by atoms with Crippen LogP contribution < -0.4 is 15.6 Å². The Balaban J connectivity index is 0.000000223. The zero-order valence-corrected chi connectivity index (χ0v) is 25.2. The van der Waals surface area contributed by atoms with E-state index in [4.69, 9.17) is 9.47 Å². The average Bonchev–Trinajstić information content (AvgIpc) is 3.03. The van der Waals surface area contributed by atoms with Crippen LogP contribution in [0.2, 0.25) is 0 Å². The Bertz CT molecular complexity index is 1450. The molecule has 0 radical (unpaired) electrons. The zero-order valence-electron chi connectivity index (χ0n) is 25.2. The lowest BCUT2D eigenvalue weighted by atomic mass is 9.93. The first-order valence-corrected chi connectivity index (χ1v) is 14.8. The topological polar surface area (TPSA) is 72.8 Å². The summed E-state index contributed by atoms with van der Waals surface area (Å²) in [6.07, 6.45) is 14.6. The van der Waals surface area contributed by atoms with E-state index in [0.29, 0.717) is 44.8 Å². The summed E-state index contributed by atoms with van der Waals surface area (Å²) in [5.41, 5.74) is 7.06. The fourth-order valence-corrected chi connectivity index (χ4v) is 5.15. The van der Waals surface area contributed by atoms with Gasteiger partial charge in [-0.3, -0.25) is 14.3 Å². The molecule has 1 atom stereocenters. The van der Waals surface area contributed by atoms with Crippen molar-refractivity contribution in [1.29, 1.82) is 0 Å². The van der Waals surface area contributed by atoms with Crippen LogP contribution in [0.4, 0.5) is 8.78 Å². The number of rotatable bonds is 9. The third-order valence-electron chi connectivity index (χ3n) is 7.33. The van der Waals surface area contributed by atoms with E-state index in [2.05, 4.69) is 37.3 Å². The fourth-order valence-electron chi connectivity index (χ4n) is 5.15. The summed E-state index contributed by atoms with van der Waals surface area (Å²) in [6.45, 7) is 7.84. The van der Waals surface area contributed by atoms with Crippen LogP contribution in [0, 0.1) is 24.5 Å². The molecular formula is C34H41F2N3O4. The van der Waals surface area contributed by atoms with E-state index in [-0.39, 0.29) is 28.9 Å². The van der Waals surface area contributed by atoms with Crippen molar-refractivity contribution in [2.45, 2.75) is 65.5 Å². The normalized spacial score (nSPS) is 15.1. The lowest BCUT2D eigenvalue weighted by Gasteiger charge is -2.41. The number of nitrogens with one attached hydrogen (secondary N) is 1. The van der Waals surface area contributed by atoms with Crippen molar-refractivity contribution in [1.82, 2.24) is 9.58 Å². The molecule has 3 aromatic rings. The van der Waals surface area contributed by atoms with Gasteiger partial charge in [-0.25, -0.2) is 8.78 Å². The number of unbranched alkanes of at least 4 members (excludes halogenated alkanes) is 1. The number of benzene rings is 2. The molecule has 43 heavy (non-hydrogen) atoms. The monoisotopic (exact) mass is 593 g/mol. The third kappa shape index (κ3) is 8.02. The summed E-state index contributed by atoms with van der Waals surface area (Å²) < 4.78 is 39.7. The summed E-state index contributed by atoms with van der Waals surface area (Å²) in [5, 5.41) is 0. The highest BCUT2D eigenvalue weighted by Gasteiger charge is 2.36. The van der Waals surface area contributed by atoms with Gasteiger partial charge in [0.25, 0.3) is 5.91 Å². The van der Waals surface area contributed by atoms with Gasteiger partial charge in [-0.2, -0.15) is 0 Å². The van der Waals surface area contributed by atoms with Gasteiger partial charge in [-0.1, -0.05) is 57.5 Å². The maximum Gasteiger partial charge on any atom is 0.278 e. The first-order valence-electron chi connectivity index (χ1n) is 14.8. The first-order chi connectivity index (χ1) is 20.9. The summed E-state index contributed by atoms with van der Waals surface area (Å²) in [5.74, 6) is -1.52. The number of fused-ring (bicyclic) bond motifs is 2. The number of amides is 1. The molecule has 1 N–H and O–H groups in total. The SMILES string of the molecule is C#C.CCCCc1ccccc1Cc1ccc(F)c(F)c1CC.CCCOc1c2n(ccc1=O)N[C@@H]1COCCN1C2=O. The van der Waals surface area contributed by atoms with E-state index >= 15 is 0 Å². The quantitative estimate of drug-likeness (QED) is 0.322. The summed E-state index contributed by atoms with van der Waals surface area (Å²) in [6, 6.07) is 12.6. The van der Waals surface area contributed by atoms with Crippen molar-refractivity contribution in [2.24, 2.45) is 0 Å². The smallest absolute Gasteiger partial charge is 0.278 e. The van der Waals surface area contributed by atoms with Gasteiger partial charge in [0.05, 0.1) is 19.8 Å². The Morgan fingerprint density at radius 2 is 1.74 bits per heavy atom. The highest BCUT2D eigenvalue weighted by Crippen LogP contribution is 2.24. The van der Waals surface area contributed by atoms with Crippen LogP contribution in [-0.4, -0.2) is 48.0 Å². The van der Waals surface area contributed by atoms with E-state index in [1.54, 1.807) is 21.8 Å². The van der Waals surface area contributed by atoms with Crippen molar-refractivity contribution in [3.05, 3.63) is 98.5 Å². The Hall–Kier alpha value is -4.16. The lowest BCUT2D eigenvalue weighted by Crippen LogP contribution is -2.59. The van der Waals surface area contributed by atoms with Crippen molar-refractivity contribution in [3.8, 4) is 18.6 Å². The molecule has 1 fully saturated rings. The number of morpholine rings is 1. The maximum absolute atomic E-state index is 13.9. The molecule has 3 heterocycles. The third-order valence-corrected chi connectivity index (χ3v) is 7.33. The highest BCUT2D eigenvalue weighted by molar-refractivity contribution is 5.96. The van der Waals surface area contributed by atoms with Crippen LogP contribution in [-0.2, 0) is 24.0 Å². The largest absolute Gasteiger partial charge is 0.487 e. The van der Waals surface area contributed by atoms with Gasteiger partial charge in [-0.15, -0.1) is 12.8 Å². The molecule has 7 nitrogen and oxygen atoms in total. The van der Waals surface area contributed by atoms with E-state index in [1.807, 2.05) is 26.0 Å². The molecule has 0 bridgehead atoms. The molecule has 1 saturated heterocycles. The predicted molar refractivity (Wildman–Crippen MR) is 165 cm³/mol. The van der Waals surface area contributed by atoms with Gasteiger partial charge in [-0.05, 0) is 60.4 Å². The van der Waals surface area contributed by atoms with Crippen molar-refractivity contribution < 1.29 is 23.0 Å². The average molecular weight is 594 g/mol. The second-order valence-electron chi connectivity index (χ2n) is 10.2. The van der Waals surface area contributed by atoms with Crippen LogP contribution in [0.15, 0.2) is 53.5 Å². The van der Waals surface area contributed by atoms with Crippen LogP contribution >= 0.6 is 0 Å². The second kappa shape index (κ2) is 16.5. The molecule has 2 aliphatic heterocycles. The van der Waals surface area contributed by atoms with Gasteiger partial charge in [0.2, 0.25) is 5.43 Å². The van der Waals surface area contributed by atoms with E-state index in [9.17, 15) is 18.4 Å². The van der Waals surface area contributed by atoms with Gasteiger partial charge in [0.1, 0.15) is 6.17 Å². The number of terminal acetylenes is 1. The van der Waals surface area contributed by atoms with Gasteiger partial charge in [0.15, 0.2) is 23.1 Å². The van der Waals surface area contributed by atoms with E-state index in [0.717, 1.165) is 31.2 Å². The molecule has 0 aliphatic carbocycles. The molecule has 0 saturated carbocycles. The van der Waals surface area contributed by atoms with Crippen LogP contribution in [0.25, 0.3) is 0 Å². The minimum atomic E-state index is -0.755. The number of hydrogen-bond donors (Lipinski definition) is 1. The first kappa shape index (κ1) is 33.3. The van der Waals surface area contributed by atoms with Crippen LogP contribution in [0.5, 0.6) is 5.75 Å². The number of nitrogens with zero attached hydrogens (tertiary/aromatic N) is 2. The summed E-state index contributed by atoms with van der Waals surface area (Å²) in [7, 11) is 0. The summed E-state index contributed by atoms with van der Waals surface area (Å²) >= 11 is 0. The Morgan fingerprint density at radius 3 is 2.44 bits per heavy atom. The minimum absolute atomic E-state index is 0.122. The number of ether oxygens (including phenoxy) is 2. The standard InChI is InChI=1S/C19H22F2.C13H17N3O4.C2H2/c1-3-5-8-14-9-6-7-10-15(14)13-16-11-12-18(20)19(21)17(16)4-2;1-2-6-20-12-9(17)3-4-16-11(12)13(18)15-5-7-19-8-10(15)14-16;1-2/h6-7,9-12H,3-5,8,13H2,1-2H3;3-4,10,14H,2,5-8H2,1H3;1-2H/t;10-;/m.0./s1. The molecule has 9 heteroatoms. The fraction of sp³-hybridized carbons (Fsp3) is 0.412. The van der Waals surface area contributed by atoms with Crippen LogP contribution in [0.1, 0.15) is 72.8 Å². The van der Waals surface area contributed by atoms with Crippen molar-refractivity contribution in [3.63, 3.8) is 0 Å². The Labute approximate surface area is 252 Å².